The Hall–Kier alpha value is -1.15. The standard InChI is InChI=1S/C11H22N2O5S/c1-7(2)9(6-10(14)15)13-11(16)8(12)4-5-19(3,17)18/h7-9H,4-6,12H2,1-3H3,(H,13,16)(H,14,15). The smallest absolute Gasteiger partial charge is 0.305 e. The topological polar surface area (TPSA) is 127 Å². The molecule has 2 unspecified atom stereocenters. The van der Waals surface area contributed by atoms with Crippen LogP contribution in [0.5, 0.6) is 0 Å². The molecule has 0 heterocycles. The Morgan fingerprint density at radius 3 is 2.21 bits per heavy atom. The summed E-state index contributed by atoms with van der Waals surface area (Å²) >= 11 is 0. The summed E-state index contributed by atoms with van der Waals surface area (Å²) in [4.78, 5) is 22.4. The number of amides is 1. The van der Waals surface area contributed by atoms with Crippen molar-refractivity contribution in [2.45, 2.75) is 38.8 Å². The highest BCUT2D eigenvalue weighted by molar-refractivity contribution is 7.90. The summed E-state index contributed by atoms with van der Waals surface area (Å²) in [6.45, 7) is 3.58. The molecule has 19 heavy (non-hydrogen) atoms. The number of rotatable bonds is 8. The molecule has 2 atom stereocenters. The third-order valence-corrected chi connectivity index (χ3v) is 3.64. The van der Waals surface area contributed by atoms with Gasteiger partial charge in [0.15, 0.2) is 0 Å². The van der Waals surface area contributed by atoms with Crippen LogP contribution in [0.1, 0.15) is 26.7 Å². The van der Waals surface area contributed by atoms with Gasteiger partial charge in [-0.25, -0.2) is 8.42 Å². The molecule has 0 spiro atoms. The molecule has 112 valence electrons. The van der Waals surface area contributed by atoms with E-state index in [4.69, 9.17) is 10.8 Å². The molecule has 7 nitrogen and oxygen atoms in total. The van der Waals surface area contributed by atoms with Crippen LogP contribution in [0.2, 0.25) is 0 Å². The van der Waals surface area contributed by atoms with E-state index < -0.39 is 33.8 Å². The molecule has 0 radical (unpaired) electrons. The van der Waals surface area contributed by atoms with Crippen molar-refractivity contribution in [3.05, 3.63) is 0 Å². The number of nitrogens with two attached hydrogens (primary N) is 1. The van der Waals surface area contributed by atoms with Crippen LogP contribution in [-0.2, 0) is 19.4 Å². The lowest BCUT2D eigenvalue weighted by molar-refractivity contribution is -0.138. The second-order valence-electron chi connectivity index (χ2n) is 4.98. The van der Waals surface area contributed by atoms with Crippen LogP contribution < -0.4 is 11.1 Å². The average molecular weight is 294 g/mol. The summed E-state index contributed by atoms with van der Waals surface area (Å²) in [5.41, 5.74) is 5.58. The Morgan fingerprint density at radius 1 is 1.32 bits per heavy atom. The van der Waals surface area contributed by atoms with Crippen LogP contribution in [0.4, 0.5) is 0 Å². The number of hydrogen-bond donors (Lipinski definition) is 3. The Bertz CT molecular complexity index is 419. The van der Waals surface area contributed by atoms with Crippen molar-refractivity contribution in [1.82, 2.24) is 5.32 Å². The van der Waals surface area contributed by atoms with Crippen LogP contribution in [0.15, 0.2) is 0 Å². The fourth-order valence-corrected chi connectivity index (χ4v) is 2.09. The highest BCUT2D eigenvalue weighted by Crippen LogP contribution is 2.07. The molecule has 0 bridgehead atoms. The van der Waals surface area contributed by atoms with E-state index in [0.29, 0.717) is 0 Å². The Balaban J connectivity index is 4.43. The molecular formula is C11H22N2O5S. The molecule has 0 aromatic heterocycles. The molecule has 0 saturated heterocycles. The van der Waals surface area contributed by atoms with Gasteiger partial charge in [-0.05, 0) is 12.3 Å². The monoisotopic (exact) mass is 294 g/mol. The van der Waals surface area contributed by atoms with E-state index in [1.54, 1.807) is 13.8 Å². The van der Waals surface area contributed by atoms with Crippen LogP contribution in [0.25, 0.3) is 0 Å². The molecule has 4 N–H and O–H groups in total. The lowest BCUT2D eigenvalue weighted by Gasteiger charge is -2.22. The lowest BCUT2D eigenvalue weighted by atomic mass is 10.0. The van der Waals surface area contributed by atoms with Crippen molar-refractivity contribution >= 4 is 21.7 Å². The van der Waals surface area contributed by atoms with Gasteiger partial charge in [0.2, 0.25) is 5.91 Å². The number of carbonyl (C=O) groups is 2. The van der Waals surface area contributed by atoms with Crippen LogP contribution in [-0.4, -0.2) is 49.5 Å². The first-order chi connectivity index (χ1) is 8.53. The van der Waals surface area contributed by atoms with Crippen molar-refractivity contribution in [2.75, 3.05) is 12.0 Å². The zero-order valence-electron chi connectivity index (χ0n) is 11.4. The van der Waals surface area contributed by atoms with Gasteiger partial charge in [-0.2, -0.15) is 0 Å². The maximum absolute atomic E-state index is 11.7. The van der Waals surface area contributed by atoms with E-state index in [0.717, 1.165) is 6.26 Å². The summed E-state index contributed by atoms with van der Waals surface area (Å²) in [6.07, 6.45) is 0.893. The minimum absolute atomic E-state index is 0.0164. The van der Waals surface area contributed by atoms with E-state index in [1.807, 2.05) is 0 Å². The Morgan fingerprint density at radius 2 is 1.84 bits per heavy atom. The first-order valence-electron chi connectivity index (χ1n) is 5.98. The third kappa shape index (κ3) is 8.55. The molecule has 8 heteroatoms. The van der Waals surface area contributed by atoms with Crippen LogP contribution in [0.3, 0.4) is 0 Å². The average Bonchev–Trinajstić information content (AvgIpc) is 2.22. The first-order valence-corrected chi connectivity index (χ1v) is 8.04. The summed E-state index contributed by atoms with van der Waals surface area (Å²) in [5.74, 6) is -1.76. The second-order valence-corrected chi connectivity index (χ2v) is 7.24. The highest BCUT2D eigenvalue weighted by Gasteiger charge is 2.23. The van der Waals surface area contributed by atoms with Crippen molar-refractivity contribution in [1.29, 1.82) is 0 Å². The molecular weight excluding hydrogens is 272 g/mol. The maximum atomic E-state index is 11.7. The van der Waals surface area contributed by atoms with Crippen molar-refractivity contribution < 1.29 is 23.1 Å². The fraction of sp³-hybridized carbons (Fsp3) is 0.818. The summed E-state index contributed by atoms with van der Waals surface area (Å²) in [7, 11) is -3.17. The molecule has 0 saturated carbocycles. The molecule has 0 aliphatic carbocycles. The van der Waals surface area contributed by atoms with Gasteiger partial charge in [0, 0.05) is 12.3 Å². The van der Waals surface area contributed by atoms with Crippen molar-refractivity contribution in [3.8, 4) is 0 Å². The maximum Gasteiger partial charge on any atom is 0.305 e. The molecule has 0 aliphatic rings. The Kier molecular flexibility index (Phi) is 6.99. The number of aliphatic carboxylic acids is 1. The number of carboxylic acid groups (broad SMARTS) is 1. The summed E-state index contributed by atoms with van der Waals surface area (Å²) < 4.78 is 21.9. The zero-order chi connectivity index (χ0) is 15.2. The molecule has 0 aromatic rings. The van der Waals surface area contributed by atoms with E-state index in [2.05, 4.69) is 5.32 Å². The normalized spacial score (nSPS) is 15.0. The Labute approximate surface area is 113 Å². The van der Waals surface area contributed by atoms with Gasteiger partial charge in [0.05, 0.1) is 18.2 Å². The van der Waals surface area contributed by atoms with E-state index >= 15 is 0 Å². The van der Waals surface area contributed by atoms with Crippen LogP contribution in [0, 0.1) is 5.92 Å². The fourth-order valence-electron chi connectivity index (χ4n) is 1.40. The van der Waals surface area contributed by atoms with Gasteiger partial charge in [0.25, 0.3) is 0 Å². The molecule has 1 amide bonds. The van der Waals surface area contributed by atoms with E-state index in [1.165, 1.54) is 0 Å². The zero-order valence-corrected chi connectivity index (χ0v) is 12.2. The largest absolute Gasteiger partial charge is 0.481 e. The van der Waals surface area contributed by atoms with Crippen molar-refractivity contribution in [2.24, 2.45) is 11.7 Å². The molecule has 0 rings (SSSR count). The van der Waals surface area contributed by atoms with Gasteiger partial charge < -0.3 is 16.2 Å². The van der Waals surface area contributed by atoms with Gasteiger partial charge in [-0.3, -0.25) is 9.59 Å². The van der Waals surface area contributed by atoms with Gasteiger partial charge in [-0.15, -0.1) is 0 Å². The predicted octanol–water partition coefficient (Wildman–Crippen LogP) is -0.636. The number of carboxylic acids is 1. The SMILES string of the molecule is CC(C)C(CC(=O)O)NC(=O)C(N)CCS(C)(=O)=O. The van der Waals surface area contributed by atoms with Gasteiger partial charge in [-0.1, -0.05) is 13.8 Å². The van der Waals surface area contributed by atoms with E-state index in [9.17, 15) is 18.0 Å². The molecule has 0 aliphatic heterocycles. The van der Waals surface area contributed by atoms with Gasteiger partial charge in [0.1, 0.15) is 9.84 Å². The number of nitrogens with one attached hydrogen (secondary N) is 1. The molecule has 0 fully saturated rings. The molecule has 0 aromatic carbocycles. The van der Waals surface area contributed by atoms with E-state index in [-0.39, 0.29) is 24.5 Å². The van der Waals surface area contributed by atoms with Gasteiger partial charge >= 0.3 is 5.97 Å². The lowest BCUT2D eigenvalue weighted by Crippen LogP contribution is -2.48. The minimum atomic E-state index is -3.17. The summed E-state index contributed by atoms with van der Waals surface area (Å²) in [6, 6.07) is -1.47. The third-order valence-electron chi connectivity index (χ3n) is 2.66. The first kappa shape index (κ1) is 17.8. The number of sulfone groups is 1. The number of hydrogen-bond acceptors (Lipinski definition) is 5. The highest BCUT2D eigenvalue weighted by atomic mass is 32.2. The second kappa shape index (κ2) is 7.44. The van der Waals surface area contributed by atoms with Crippen molar-refractivity contribution in [3.63, 3.8) is 0 Å². The number of carbonyl (C=O) groups excluding carboxylic acids is 1. The minimum Gasteiger partial charge on any atom is -0.481 e. The summed E-state index contributed by atoms with van der Waals surface area (Å²) in [5, 5.41) is 11.3. The quantitative estimate of drug-likeness (QED) is 0.547. The van der Waals surface area contributed by atoms with Crippen LogP contribution >= 0.6 is 0 Å². The predicted molar refractivity (Wildman–Crippen MR) is 71.3 cm³/mol.